The predicted molar refractivity (Wildman–Crippen MR) is 124 cm³/mol. The molecule has 2 heterocycles. The van der Waals surface area contributed by atoms with Crippen molar-refractivity contribution >= 4 is 22.2 Å². The van der Waals surface area contributed by atoms with E-state index < -0.39 is 0 Å². The third-order valence-corrected chi connectivity index (χ3v) is 6.48. The van der Waals surface area contributed by atoms with Gasteiger partial charge in [0.05, 0.1) is 12.8 Å². The Hall–Kier alpha value is -2.85. The first-order chi connectivity index (χ1) is 14.8. The molecule has 2 aliphatic rings. The molecule has 0 unspecified atom stereocenters. The average molecular weight is 400 g/mol. The Kier molecular flexibility index (Phi) is 5.17. The highest BCUT2D eigenvalue weighted by atomic mass is 16.5. The van der Waals surface area contributed by atoms with Crippen LogP contribution in [0.1, 0.15) is 30.2 Å². The summed E-state index contributed by atoms with van der Waals surface area (Å²) in [5.41, 5.74) is 4.96. The van der Waals surface area contributed by atoms with Crippen molar-refractivity contribution in [2.24, 2.45) is 0 Å². The highest BCUT2D eigenvalue weighted by Crippen LogP contribution is 2.36. The van der Waals surface area contributed by atoms with Crippen LogP contribution in [-0.4, -0.2) is 49.7 Å². The summed E-state index contributed by atoms with van der Waals surface area (Å²) in [5.74, 6) is 2.05. The number of ether oxygens (including phenoxy) is 1. The van der Waals surface area contributed by atoms with Crippen LogP contribution in [0.15, 0.2) is 54.6 Å². The van der Waals surface area contributed by atoms with E-state index in [-0.39, 0.29) is 0 Å². The minimum Gasteiger partial charge on any atom is -0.497 e. The zero-order chi connectivity index (χ0) is 20.5. The van der Waals surface area contributed by atoms with Crippen molar-refractivity contribution in [2.75, 3.05) is 44.7 Å². The van der Waals surface area contributed by atoms with Gasteiger partial charge in [0.15, 0.2) is 0 Å². The number of hydrogen-bond donors (Lipinski definition) is 0. The SMILES string of the molecule is CCN1CCN(c2nc(C3=CCCc4cc(OC)ccc43)cc3ccccc23)CC1. The predicted octanol–water partition coefficient (Wildman–Crippen LogP) is 4.76. The Bertz CT molecular complexity index is 1100. The number of pyridine rings is 1. The van der Waals surface area contributed by atoms with Gasteiger partial charge < -0.3 is 14.5 Å². The van der Waals surface area contributed by atoms with Crippen molar-refractivity contribution in [3.63, 3.8) is 0 Å². The smallest absolute Gasteiger partial charge is 0.137 e. The number of piperazine rings is 1. The van der Waals surface area contributed by atoms with Crippen LogP contribution in [0.25, 0.3) is 16.3 Å². The molecular weight excluding hydrogens is 370 g/mol. The maximum absolute atomic E-state index is 5.45. The van der Waals surface area contributed by atoms with E-state index >= 15 is 0 Å². The lowest BCUT2D eigenvalue weighted by Gasteiger charge is -2.35. The second kappa shape index (κ2) is 8.11. The van der Waals surface area contributed by atoms with Crippen LogP contribution >= 0.6 is 0 Å². The zero-order valence-corrected chi connectivity index (χ0v) is 17.9. The Balaban J connectivity index is 1.59. The van der Waals surface area contributed by atoms with Gasteiger partial charge in [0.2, 0.25) is 0 Å². The number of hydrogen-bond acceptors (Lipinski definition) is 4. The van der Waals surface area contributed by atoms with Gasteiger partial charge >= 0.3 is 0 Å². The topological polar surface area (TPSA) is 28.6 Å². The molecule has 1 saturated heterocycles. The third-order valence-electron chi connectivity index (χ3n) is 6.48. The lowest BCUT2D eigenvalue weighted by atomic mass is 9.88. The van der Waals surface area contributed by atoms with E-state index in [9.17, 15) is 0 Å². The minimum atomic E-state index is 0.927. The minimum absolute atomic E-state index is 0.927. The Morgan fingerprint density at radius 2 is 1.83 bits per heavy atom. The van der Waals surface area contributed by atoms with Crippen LogP contribution in [0.4, 0.5) is 5.82 Å². The summed E-state index contributed by atoms with van der Waals surface area (Å²) in [5, 5.41) is 2.51. The van der Waals surface area contributed by atoms with E-state index in [1.54, 1.807) is 7.11 Å². The van der Waals surface area contributed by atoms with E-state index in [1.807, 2.05) is 0 Å². The van der Waals surface area contributed by atoms with Crippen molar-refractivity contribution in [1.29, 1.82) is 0 Å². The first-order valence-corrected chi connectivity index (χ1v) is 11.0. The lowest BCUT2D eigenvalue weighted by Crippen LogP contribution is -2.46. The summed E-state index contributed by atoms with van der Waals surface area (Å²) in [7, 11) is 1.73. The second-order valence-electron chi connectivity index (χ2n) is 8.15. The van der Waals surface area contributed by atoms with E-state index in [1.165, 1.54) is 27.5 Å². The van der Waals surface area contributed by atoms with Gasteiger partial charge in [-0.15, -0.1) is 0 Å². The van der Waals surface area contributed by atoms with Crippen LogP contribution in [0.3, 0.4) is 0 Å². The third kappa shape index (κ3) is 3.46. The van der Waals surface area contributed by atoms with E-state index in [0.29, 0.717) is 0 Å². The summed E-state index contributed by atoms with van der Waals surface area (Å²) >= 11 is 0. The molecular formula is C26H29N3O. The summed E-state index contributed by atoms with van der Waals surface area (Å²) < 4.78 is 5.45. The van der Waals surface area contributed by atoms with Crippen LogP contribution in [0.2, 0.25) is 0 Å². The zero-order valence-electron chi connectivity index (χ0n) is 17.9. The molecule has 0 spiro atoms. The summed E-state index contributed by atoms with van der Waals surface area (Å²) in [6.07, 6.45) is 4.44. The molecule has 30 heavy (non-hydrogen) atoms. The molecule has 1 aromatic heterocycles. The van der Waals surface area contributed by atoms with Gasteiger partial charge in [0.1, 0.15) is 11.6 Å². The molecule has 1 aliphatic heterocycles. The number of likely N-dealkylation sites (N-methyl/N-ethyl adjacent to an activating group) is 1. The number of rotatable bonds is 4. The maximum Gasteiger partial charge on any atom is 0.137 e. The molecule has 0 saturated carbocycles. The van der Waals surface area contributed by atoms with E-state index in [2.05, 4.69) is 71.3 Å². The van der Waals surface area contributed by atoms with E-state index in [4.69, 9.17) is 9.72 Å². The van der Waals surface area contributed by atoms with Gasteiger partial charge in [-0.2, -0.15) is 0 Å². The molecule has 4 heteroatoms. The number of aromatic nitrogens is 1. The molecule has 3 aromatic rings. The molecule has 5 rings (SSSR count). The molecule has 0 atom stereocenters. The largest absolute Gasteiger partial charge is 0.497 e. The lowest BCUT2D eigenvalue weighted by molar-refractivity contribution is 0.271. The Morgan fingerprint density at radius 1 is 1.00 bits per heavy atom. The van der Waals surface area contributed by atoms with Gasteiger partial charge in [-0.05, 0) is 54.1 Å². The molecule has 2 aromatic carbocycles. The maximum atomic E-state index is 5.45. The van der Waals surface area contributed by atoms with Crippen molar-refractivity contribution in [3.8, 4) is 5.75 Å². The molecule has 0 N–H and O–H groups in total. The molecule has 1 aliphatic carbocycles. The first-order valence-electron chi connectivity index (χ1n) is 11.0. The highest BCUT2D eigenvalue weighted by molar-refractivity contribution is 5.96. The molecule has 0 amide bonds. The number of allylic oxidation sites excluding steroid dienone is 1. The first kappa shape index (κ1) is 19.1. The van der Waals surface area contributed by atoms with Crippen molar-refractivity contribution in [1.82, 2.24) is 9.88 Å². The number of nitrogens with zero attached hydrogens (tertiary/aromatic N) is 3. The molecule has 1 fully saturated rings. The Morgan fingerprint density at radius 3 is 2.63 bits per heavy atom. The molecule has 0 bridgehead atoms. The second-order valence-corrected chi connectivity index (χ2v) is 8.15. The van der Waals surface area contributed by atoms with Gasteiger partial charge in [-0.1, -0.05) is 43.3 Å². The molecule has 0 radical (unpaired) electrons. The van der Waals surface area contributed by atoms with Crippen LogP contribution in [0.5, 0.6) is 5.75 Å². The summed E-state index contributed by atoms with van der Waals surface area (Å²) in [4.78, 5) is 10.2. The van der Waals surface area contributed by atoms with Crippen molar-refractivity contribution in [2.45, 2.75) is 19.8 Å². The number of aryl methyl sites for hydroxylation is 1. The van der Waals surface area contributed by atoms with Gasteiger partial charge in [0.25, 0.3) is 0 Å². The van der Waals surface area contributed by atoms with Crippen LogP contribution in [-0.2, 0) is 6.42 Å². The van der Waals surface area contributed by atoms with Crippen LogP contribution < -0.4 is 9.64 Å². The van der Waals surface area contributed by atoms with Gasteiger partial charge in [0, 0.05) is 37.1 Å². The highest BCUT2D eigenvalue weighted by Gasteiger charge is 2.22. The fraction of sp³-hybridized carbons (Fsp3) is 0.346. The monoisotopic (exact) mass is 399 g/mol. The number of methoxy groups -OCH3 is 1. The summed E-state index contributed by atoms with van der Waals surface area (Å²) in [6.45, 7) is 7.62. The fourth-order valence-electron chi connectivity index (χ4n) is 4.73. The normalized spacial score (nSPS) is 17.0. The number of anilines is 1. The summed E-state index contributed by atoms with van der Waals surface area (Å²) in [6, 6.07) is 17.3. The molecule has 4 nitrogen and oxygen atoms in total. The van der Waals surface area contributed by atoms with Gasteiger partial charge in [-0.3, -0.25) is 0 Å². The quantitative estimate of drug-likeness (QED) is 0.632. The molecule has 154 valence electrons. The number of benzene rings is 2. The Labute approximate surface area is 178 Å². The van der Waals surface area contributed by atoms with E-state index in [0.717, 1.165) is 62.8 Å². The van der Waals surface area contributed by atoms with Crippen LogP contribution in [0, 0.1) is 0 Å². The number of fused-ring (bicyclic) bond motifs is 2. The fourth-order valence-corrected chi connectivity index (χ4v) is 4.73. The standard InChI is InChI=1S/C26H29N3O/c1-3-28-13-15-29(16-14-28)26-23-9-5-4-7-20(23)18-25(27-26)24-10-6-8-19-17-21(30-2)11-12-22(19)24/h4-5,7,9-12,17-18H,3,6,8,13-16H2,1-2H3. The van der Waals surface area contributed by atoms with Crippen molar-refractivity contribution < 1.29 is 4.74 Å². The average Bonchev–Trinajstić information content (AvgIpc) is 2.82. The van der Waals surface area contributed by atoms with Gasteiger partial charge in [-0.25, -0.2) is 4.98 Å². The van der Waals surface area contributed by atoms with Crippen molar-refractivity contribution in [3.05, 3.63) is 71.4 Å².